The van der Waals surface area contributed by atoms with Gasteiger partial charge < -0.3 is 9.72 Å². The Morgan fingerprint density at radius 1 is 1.30 bits per heavy atom. The van der Waals surface area contributed by atoms with Gasteiger partial charge in [0.2, 0.25) is 0 Å². The van der Waals surface area contributed by atoms with Crippen molar-refractivity contribution >= 4 is 22.9 Å². The van der Waals surface area contributed by atoms with Crippen LogP contribution in [0.25, 0.3) is 11.2 Å². The molecule has 0 atom stereocenters. The van der Waals surface area contributed by atoms with Gasteiger partial charge in [0.25, 0.3) is 0 Å². The summed E-state index contributed by atoms with van der Waals surface area (Å²) in [6.45, 7) is 2.81. The predicted octanol–water partition coefficient (Wildman–Crippen LogP) is 3.29. The summed E-state index contributed by atoms with van der Waals surface area (Å²) in [6, 6.07) is 7.94. The molecule has 0 amide bonds. The molecular formula is C14H14N4OS. The second kappa shape index (κ2) is 5.92. The Morgan fingerprint density at radius 2 is 2.25 bits per heavy atom. The van der Waals surface area contributed by atoms with Gasteiger partial charge in [0.15, 0.2) is 10.8 Å². The molecular weight excluding hydrogens is 272 g/mol. The number of imidazole rings is 1. The number of ether oxygens (including phenoxy) is 1. The molecule has 0 aliphatic heterocycles. The van der Waals surface area contributed by atoms with Gasteiger partial charge in [0.05, 0.1) is 19.1 Å². The Kier molecular flexibility index (Phi) is 3.83. The molecule has 0 aliphatic rings. The summed E-state index contributed by atoms with van der Waals surface area (Å²) < 4.78 is 5.62. The molecule has 3 rings (SSSR count). The van der Waals surface area contributed by atoms with Gasteiger partial charge in [0, 0.05) is 4.90 Å². The van der Waals surface area contributed by atoms with Gasteiger partial charge in [-0.05, 0) is 36.4 Å². The molecule has 2 aromatic heterocycles. The molecule has 0 aliphatic carbocycles. The van der Waals surface area contributed by atoms with E-state index in [0.717, 1.165) is 29.2 Å². The summed E-state index contributed by atoms with van der Waals surface area (Å²) in [5.74, 6) is 0.873. The molecule has 5 nitrogen and oxygen atoms in total. The lowest BCUT2D eigenvalue weighted by molar-refractivity contribution is 0.316. The first-order valence-corrected chi connectivity index (χ1v) is 7.23. The maximum absolute atomic E-state index is 5.62. The number of aromatic nitrogens is 4. The molecule has 0 bridgehead atoms. The summed E-state index contributed by atoms with van der Waals surface area (Å²) >= 11 is 1.50. The SMILES string of the molecule is CCCOc1cccc(Sc2ncc3[nH]cnc3n2)c1. The lowest BCUT2D eigenvalue weighted by Gasteiger charge is -2.06. The van der Waals surface area contributed by atoms with Gasteiger partial charge in [-0.2, -0.15) is 0 Å². The lowest BCUT2D eigenvalue weighted by atomic mass is 10.3. The van der Waals surface area contributed by atoms with E-state index in [1.54, 1.807) is 12.5 Å². The average Bonchev–Trinajstić information content (AvgIpc) is 2.93. The standard InChI is InChI=1S/C14H14N4OS/c1-2-6-19-10-4-3-5-11(7-10)20-14-15-8-12-13(18-14)17-9-16-12/h3-5,7-9H,2,6H2,1H3,(H,15,16,17,18). The van der Waals surface area contributed by atoms with Crippen LogP contribution in [-0.4, -0.2) is 26.5 Å². The first kappa shape index (κ1) is 12.9. The van der Waals surface area contributed by atoms with Crippen LogP contribution in [-0.2, 0) is 0 Å². The molecule has 20 heavy (non-hydrogen) atoms. The van der Waals surface area contributed by atoms with Crippen molar-refractivity contribution in [1.29, 1.82) is 0 Å². The topological polar surface area (TPSA) is 63.7 Å². The number of rotatable bonds is 5. The molecule has 1 aromatic carbocycles. The zero-order valence-corrected chi connectivity index (χ0v) is 11.9. The van der Waals surface area contributed by atoms with Gasteiger partial charge >= 0.3 is 0 Å². The molecule has 1 N–H and O–H groups in total. The fraction of sp³-hybridized carbons (Fsp3) is 0.214. The molecule has 3 aromatic rings. The van der Waals surface area contributed by atoms with Crippen LogP contribution in [0.1, 0.15) is 13.3 Å². The number of hydrogen-bond acceptors (Lipinski definition) is 5. The molecule has 0 radical (unpaired) electrons. The van der Waals surface area contributed by atoms with Gasteiger partial charge in [0.1, 0.15) is 11.3 Å². The van der Waals surface area contributed by atoms with Crippen LogP contribution in [0, 0.1) is 0 Å². The van der Waals surface area contributed by atoms with Crippen molar-refractivity contribution in [1.82, 2.24) is 19.9 Å². The van der Waals surface area contributed by atoms with E-state index in [1.165, 1.54) is 11.8 Å². The number of aromatic amines is 1. The second-order valence-corrected chi connectivity index (χ2v) is 5.26. The molecule has 102 valence electrons. The predicted molar refractivity (Wildman–Crippen MR) is 78.0 cm³/mol. The first-order valence-electron chi connectivity index (χ1n) is 6.42. The van der Waals surface area contributed by atoms with E-state index in [9.17, 15) is 0 Å². The van der Waals surface area contributed by atoms with Crippen molar-refractivity contribution in [3.8, 4) is 5.75 Å². The van der Waals surface area contributed by atoms with E-state index in [0.29, 0.717) is 10.8 Å². The maximum atomic E-state index is 5.62. The van der Waals surface area contributed by atoms with Gasteiger partial charge in [-0.1, -0.05) is 13.0 Å². The summed E-state index contributed by atoms with van der Waals surface area (Å²) in [5, 5.41) is 0.678. The highest BCUT2D eigenvalue weighted by atomic mass is 32.2. The zero-order valence-electron chi connectivity index (χ0n) is 11.0. The summed E-state index contributed by atoms with van der Waals surface area (Å²) in [6.07, 6.45) is 4.36. The van der Waals surface area contributed by atoms with Crippen LogP contribution in [0.5, 0.6) is 5.75 Å². The normalized spacial score (nSPS) is 10.8. The number of hydrogen-bond donors (Lipinski definition) is 1. The van der Waals surface area contributed by atoms with Crippen LogP contribution in [0.15, 0.2) is 46.8 Å². The minimum absolute atomic E-state index is 0.678. The molecule has 0 saturated heterocycles. The van der Waals surface area contributed by atoms with Crippen molar-refractivity contribution in [3.05, 3.63) is 36.8 Å². The Hall–Kier alpha value is -2.08. The summed E-state index contributed by atoms with van der Waals surface area (Å²) in [7, 11) is 0. The van der Waals surface area contributed by atoms with Crippen molar-refractivity contribution in [3.63, 3.8) is 0 Å². The van der Waals surface area contributed by atoms with E-state index in [4.69, 9.17) is 4.74 Å². The van der Waals surface area contributed by atoms with Crippen molar-refractivity contribution in [2.24, 2.45) is 0 Å². The Balaban J connectivity index is 1.79. The van der Waals surface area contributed by atoms with Crippen molar-refractivity contribution < 1.29 is 4.74 Å². The largest absolute Gasteiger partial charge is 0.494 e. The van der Waals surface area contributed by atoms with Gasteiger partial charge in [-0.3, -0.25) is 0 Å². The number of benzene rings is 1. The van der Waals surface area contributed by atoms with Gasteiger partial charge in [-0.15, -0.1) is 0 Å². The highest BCUT2D eigenvalue weighted by molar-refractivity contribution is 7.99. The van der Waals surface area contributed by atoms with Crippen LogP contribution in [0.2, 0.25) is 0 Å². The lowest BCUT2D eigenvalue weighted by Crippen LogP contribution is -1.94. The number of nitrogens with one attached hydrogen (secondary N) is 1. The van der Waals surface area contributed by atoms with E-state index in [1.807, 2.05) is 24.3 Å². The van der Waals surface area contributed by atoms with E-state index in [2.05, 4.69) is 26.9 Å². The first-order chi connectivity index (χ1) is 9.85. The minimum atomic E-state index is 0.678. The van der Waals surface area contributed by atoms with E-state index >= 15 is 0 Å². The van der Waals surface area contributed by atoms with Crippen molar-refractivity contribution in [2.45, 2.75) is 23.4 Å². The third-order valence-corrected chi connectivity index (χ3v) is 3.51. The average molecular weight is 286 g/mol. The Labute approximate surface area is 120 Å². The smallest absolute Gasteiger partial charge is 0.194 e. The van der Waals surface area contributed by atoms with Crippen molar-refractivity contribution in [2.75, 3.05) is 6.61 Å². The van der Waals surface area contributed by atoms with E-state index < -0.39 is 0 Å². The van der Waals surface area contributed by atoms with Crippen LogP contribution in [0.4, 0.5) is 0 Å². The fourth-order valence-electron chi connectivity index (χ4n) is 1.72. The third kappa shape index (κ3) is 2.91. The number of fused-ring (bicyclic) bond motifs is 1. The fourth-order valence-corrected chi connectivity index (χ4v) is 2.49. The van der Waals surface area contributed by atoms with Crippen LogP contribution in [0.3, 0.4) is 0 Å². The van der Waals surface area contributed by atoms with Crippen LogP contribution >= 0.6 is 11.8 Å². The van der Waals surface area contributed by atoms with Crippen LogP contribution < -0.4 is 4.74 Å². The minimum Gasteiger partial charge on any atom is -0.494 e. The molecule has 6 heteroatoms. The maximum Gasteiger partial charge on any atom is 0.194 e. The highest BCUT2D eigenvalue weighted by Gasteiger charge is 2.05. The molecule has 2 heterocycles. The summed E-state index contributed by atoms with van der Waals surface area (Å²) in [4.78, 5) is 16.9. The quantitative estimate of drug-likeness (QED) is 0.729. The number of nitrogens with zero attached hydrogens (tertiary/aromatic N) is 3. The molecule has 0 fully saturated rings. The summed E-state index contributed by atoms with van der Waals surface area (Å²) in [5.41, 5.74) is 1.52. The monoisotopic (exact) mass is 286 g/mol. The zero-order chi connectivity index (χ0) is 13.8. The highest BCUT2D eigenvalue weighted by Crippen LogP contribution is 2.28. The number of H-pyrrole nitrogens is 1. The molecule has 0 unspecified atom stereocenters. The molecule has 0 saturated carbocycles. The third-order valence-electron chi connectivity index (χ3n) is 2.64. The molecule has 0 spiro atoms. The Morgan fingerprint density at radius 3 is 3.15 bits per heavy atom. The van der Waals surface area contributed by atoms with Gasteiger partial charge in [-0.25, -0.2) is 15.0 Å². The van der Waals surface area contributed by atoms with E-state index in [-0.39, 0.29) is 0 Å². The Bertz CT molecular complexity index is 713. The second-order valence-electron chi connectivity index (χ2n) is 4.22.